The van der Waals surface area contributed by atoms with Gasteiger partial charge in [0.05, 0.1) is 0 Å². The van der Waals surface area contributed by atoms with Crippen molar-refractivity contribution >= 4 is 0 Å². The molecule has 0 radical (unpaired) electrons. The third kappa shape index (κ3) is 2.47. The average molecular weight is 237 g/mol. The van der Waals surface area contributed by atoms with E-state index in [1.165, 1.54) is 18.9 Å². The highest BCUT2D eigenvalue weighted by atomic mass is 16.3. The third-order valence-corrected chi connectivity index (χ3v) is 3.55. The van der Waals surface area contributed by atoms with Crippen LogP contribution in [0.15, 0.2) is 12.1 Å². The van der Waals surface area contributed by atoms with Gasteiger partial charge in [-0.25, -0.2) is 0 Å². The van der Waals surface area contributed by atoms with Gasteiger partial charge in [0.1, 0.15) is 0 Å². The highest BCUT2D eigenvalue weighted by Gasteiger charge is 2.37. The van der Waals surface area contributed by atoms with Gasteiger partial charge in [-0.2, -0.15) is 0 Å². The molecule has 0 amide bonds. The number of phenolic OH excluding ortho intramolecular Hbond substituents is 3. The lowest BCUT2D eigenvalue weighted by molar-refractivity contribution is 0.330. The first kappa shape index (κ1) is 12.0. The first-order valence-electron chi connectivity index (χ1n) is 5.89. The van der Waals surface area contributed by atoms with Crippen molar-refractivity contribution < 1.29 is 15.3 Å². The van der Waals surface area contributed by atoms with Crippen molar-refractivity contribution in [1.82, 2.24) is 5.32 Å². The Hall–Kier alpha value is -1.42. The molecule has 1 aromatic carbocycles. The summed E-state index contributed by atoms with van der Waals surface area (Å²) >= 11 is 0. The average Bonchev–Trinajstić information content (AvgIpc) is 3.09. The minimum Gasteiger partial charge on any atom is -0.504 e. The second kappa shape index (κ2) is 4.11. The van der Waals surface area contributed by atoms with E-state index in [1.54, 1.807) is 6.07 Å². The summed E-state index contributed by atoms with van der Waals surface area (Å²) in [5, 5.41) is 31.7. The van der Waals surface area contributed by atoms with Crippen LogP contribution in [0.3, 0.4) is 0 Å². The van der Waals surface area contributed by atoms with E-state index < -0.39 is 5.75 Å². The predicted octanol–water partition coefficient (Wildman–Crippen LogP) is 2.08. The van der Waals surface area contributed by atoms with Crippen LogP contribution in [0.25, 0.3) is 0 Å². The van der Waals surface area contributed by atoms with Crippen LogP contribution in [-0.4, -0.2) is 20.9 Å². The van der Waals surface area contributed by atoms with Gasteiger partial charge in [-0.15, -0.1) is 0 Å². The SMILES string of the molecule is CC(C)(NCc1ccc(O)c(O)c1O)C1CC1. The van der Waals surface area contributed by atoms with Crippen LogP contribution < -0.4 is 5.32 Å². The summed E-state index contributed by atoms with van der Waals surface area (Å²) in [6.07, 6.45) is 2.49. The van der Waals surface area contributed by atoms with Gasteiger partial charge in [0.2, 0.25) is 5.75 Å². The van der Waals surface area contributed by atoms with Gasteiger partial charge < -0.3 is 20.6 Å². The standard InChI is InChI=1S/C13H19NO3/c1-13(2,9-4-5-9)14-7-8-3-6-10(15)12(17)11(8)16/h3,6,9,14-17H,4-5,7H2,1-2H3. The summed E-state index contributed by atoms with van der Waals surface area (Å²) < 4.78 is 0. The molecule has 1 aliphatic rings. The van der Waals surface area contributed by atoms with Crippen molar-refractivity contribution in [3.8, 4) is 17.2 Å². The lowest BCUT2D eigenvalue weighted by Crippen LogP contribution is -2.40. The fourth-order valence-corrected chi connectivity index (χ4v) is 2.03. The van der Waals surface area contributed by atoms with Gasteiger partial charge in [-0.3, -0.25) is 0 Å². The first-order valence-corrected chi connectivity index (χ1v) is 5.89. The highest BCUT2D eigenvalue weighted by molar-refractivity contribution is 5.53. The Balaban J connectivity index is 2.06. The van der Waals surface area contributed by atoms with Crippen LogP contribution in [0.4, 0.5) is 0 Å². The number of benzene rings is 1. The van der Waals surface area contributed by atoms with Gasteiger partial charge in [0.25, 0.3) is 0 Å². The lowest BCUT2D eigenvalue weighted by atomic mass is 9.98. The molecule has 0 unspecified atom stereocenters. The topological polar surface area (TPSA) is 72.7 Å². The van der Waals surface area contributed by atoms with E-state index in [0.29, 0.717) is 18.0 Å². The van der Waals surface area contributed by atoms with Gasteiger partial charge in [-0.05, 0) is 38.7 Å². The zero-order valence-electron chi connectivity index (χ0n) is 10.2. The minimum atomic E-state index is -0.450. The smallest absolute Gasteiger partial charge is 0.200 e. The third-order valence-electron chi connectivity index (χ3n) is 3.55. The van der Waals surface area contributed by atoms with Gasteiger partial charge in [0, 0.05) is 17.6 Å². The minimum absolute atomic E-state index is 0.0416. The normalized spacial score (nSPS) is 16.1. The van der Waals surface area contributed by atoms with Crippen LogP contribution >= 0.6 is 0 Å². The van der Waals surface area contributed by atoms with Crippen molar-refractivity contribution in [1.29, 1.82) is 0 Å². The second-order valence-electron chi connectivity index (χ2n) is 5.29. The van der Waals surface area contributed by atoms with Crippen LogP contribution in [0.1, 0.15) is 32.3 Å². The van der Waals surface area contributed by atoms with E-state index in [-0.39, 0.29) is 17.0 Å². The molecule has 2 rings (SSSR count). The summed E-state index contributed by atoms with van der Waals surface area (Å²) in [4.78, 5) is 0. The maximum absolute atomic E-state index is 9.68. The summed E-state index contributed by atoms with van der Waals surface area (Å²) in [5.74, 6) is -0.305. The zero-order valence-corrected chi connectivity index (χ0v) is 10.2. The van der Waals surface area contributed by atoms with E-state index in [4.69, 9.17) is 0 Å². The Labute approximate surface area is 101 Å². The maximum atomic E-state index is 9.68. The fourth-order valence-electron chi connectivity index (χ4n) is 2.03. The van der Waals surface area contributed by atoms with E-state index in [0.717, 1.165) is 0 Å². The molecule has 0 atom stereocenters. The molecule has 0 aromatic heterocycles. The molecule has 1 aliphatic carbocycles. The van der Waals surface area contributed by atoms with Gasteiger partial charge in [-0.1, -0.05) is 6.07 Å². The molecule has 1 saturated carbocycles. The first-order chi connectivity index (χ1) is 7.92. The zero-order chi connectivity index (χ0) is 12.6. The number of nitrogens with one attached hydrogen (secondary N) is 1. The Morgan fingerprint density at radius 1 is 1.18 bits per heavy atom. The maximum Gasteiger partial charge on any atom is 0.200 e. The van der Waals surface area contributed by atoms with E-state index in [2.05, 4.69) is 19.2 Å². The van der Waals surface area contributed by atoms with E-state index in [9.17, 15) is 15.3 Å². The molecule has 0 spiro atoms. The molecule has 1 aromatic rings. The quantitative estimate of drug-likeness (QED) is 0.605. The molecule has 1 fully saturated rings. The molecular weight excluding hydrogens is 218 g/mol. The van der Waals surface area contributed by atoms with Crippen LogP contribution in [-0.2, 0) is 6.54 Å². The Kier molecular flexibility index (Phi) is 2.91. The lowest BCUT2D eigenvalue weighted by Gasteiger charge is -2.26. The Morgan fingerprint density at radius 3 is 2.41 bits per heavy atom. The molecule has 4 N–H and O–H groups in total. The van der Waals surface area contributed by atoms with Crippen LogP contribution in [0.5, 0.6) is 17.2 Å². The van der Waals surface area contributed by atoms with Crippen LogP contribution in [0.2, 0.25) is 0 Å². The van der Waals surface area contributed by atoms with Crippen molar-refractivity contribution in [2.75, 3.05) is 0 Å². The van der Waals surface area contributed by atoms with E-state index >= 15 is 0 Å². The van der Waals surface area contributed by atoms with E-state index in [1.807, 2.05) is 0 Å². The van der Waals surface area contributed by atoms with Crippen molar-refractivity contribution in [2.45, 2.75) is 38.8 Å². The molecule has 4 nitrogen and oxygen atoms in total. The Morgan fingerprint density at radius 2 is 1.82 bits per heavy atom. The second-order valence-corrected chi connectivity index (χ2v) is 5.29. The summed E-state index contributed by atoms with van der Waals surface area (Å²) in [6, 6.07) is 3.00. The van der Waals surface area contributed by atoms with Gasteiger partial charge >= 0.3 is 0 Å². The molecule has 94 valence electrons. The molecule has 17 heavy (non-hydrogen) atoms. The largest absolute Gasteiger partial charge is 0.504 e. The number of phenols is 3. The molecule has 0 saturated heterocycles. The Bertz CT molecular complexity index is 425. The number of rotatable bonds is 4. The van der Waals surface area contributed by atoms with Crippen molar-refractivity contribution in [2.24, 2.45) is 5.92 Å². The summed E-state index contributed by atoms with van der Waals surface area (Å²) in [7, 11) is 0. The predicted molar refractivity (Wildman–Crippen MR) is 65.1 cm³/mol. The van der Waals surface area contributed by atoms with Crippen molar-refractivity contribution in [3.05, 3.63) is 17.7 Å². The number of hydrogen-bond acceptors (Lipinski definition) is 4. The fraction of sp³-hybridized carbons (Fsp3) is 0.538. The van der Waals surface area contributed by atoms with Crippen LogP contribution in [0, 0.1) is 5.92 Å². The van der Waals surface area contributed by atoms with Gasteiger partial charge in [0.15, 0.2) is 11.5 Å². The molecule has 0 bridgehead atoms. The molecular formula is C13H19NO3. The summed E-state index contributed by atoms with van der Waals surface area (Å²) in [6.45, 7) is 4.76. The number of hydrogen-bond donors (Lipinski definition) is 4. The molecule has 0 aliphatic heterocycles. The molecule has 0 heterocycles. The summed E-state index contributed by atoms with van der Waals surface area (Å²) in [5.41, 5.74) is 0.633. The number of aromatic hydroxyl groups is 3. The highest BCUT2D eigenvalue weighted by Crippen LogP contribution is 2.40. The van der Waals surface area contributed by atoms with Crippen molar-refractivity contribution in [3.63, 3.8) is 0 Å². The monoisotopic (exact) mass is 237 g/mol. The molecule has 4 heteroatoms.